The average molecular weight is 315 g/mol. The highest BCUT2D eigenvalue weighted by molar-refractivity contribution is 9.10. The number of halogens is 1. The van der Waals surface area contributed by atoms with Crippen molar-refractivity contribution in [2.75, 3.05) is 12.4 Å². The Morgan fingerprint density at radius 3 is 2.56 bits per heavy atom. The Labute approximate surface area is 116 Å². The zero-order valence-corrected chi connectivity index (χ0v) is 12.7. The first-order chi connectivity index (χ1) is 8.43. The molecule has 18 heavy (non-hydrogen) atoms. The maximum Gasteiger partial charge on any atom is 0.319 e. The molecule has 5 heteroatoms. The number of rotatable bonds is 4. The minimum Gasteiger partial charge on any atom is -0.495 e. The molecular weight excluding hydrogens is 296 g/mol. The zero-order valence-electron chi connectivity index (χ0n) is 11.1. The van der Waals surface area contributed by atoms with Crippen molar-refractivity contribution in [2.24, 2.45) is 5.92 Å². The minimum atomic E-state index is -0.229. The van der Waals surface area contributed by atoms with E-state index in [9.17, 15) is 4.79 Å². The van der Waals surface area contributed by atoms with E-state index in [2.05, 4.69) is 40.4 Å². The third kappa shape index (κ3) is 4.22. The molecule has 0 aliphatic rings. The smallest absolute Gasteiger partial charge is 0.319 e. The number of carbonyl (C=O) groups is 1. The highest BCUT2D eigenvalue weighted by Crippen LogP contribution is 2.27. The van der Waals surface area contributed by atoms with Crippen LogP contribution in [0.4, 0.5) is 10.5 Å². The third-order valence-electron chi connectivity index (χ3n) is 2.77. The number of hydrogen-bond donors (Lipinski definition) is 2. The molecule has 0 fully saturated rings. The molecule has 0 heterocycles. The largest absolute Gasteiger partial charge is 0.495 e. The second kappa shape index (κ2) is 6.64. The van der Waals surface area contributed by atoms with Gasteiger partial charge in [-0.15, -0.1) is 0 Å². The molecule has 1 unspecified atom stereocenters. The molecule has 0 bridgehead atoms. The maximum absolute atomic E-state index is 11.8. The minimum absolute atomic E-state index is 0.114. The van der Waals surface area contributed by atoms with E-state index < -0.39 is 0 Å². The first-order valence-corrected chi connectivity index (χ1v) is 6.64. The molecule has 1 aromatic rings. The van der Waals surface area contributed by atoms with Gasteiger partial charge < -0.3 is 15.4 Å². The summed E-state index contributed by atoms with van der Waals surface area (Å²) in [7, 11) is 1.57. The van der Waals surface area contributed by atoms with Crippen LogP contribution >= 0.6 is 15.9 Å². The predicted molar refractivity (Wildman–Crippen MR) is 77.1 cm³/mol. The van der Waals surface area contributed by atoms with Gasteiger partial charge in [-0.05, 0) is 31.0 Å². The van der Waals surface area contributed by atoms with E-state index in [1.807, 2.05) is 13.0 Å². The lowest BCUT2D eigenvalue weighted by atomic mass is 10.1. The van der Waals surface area contributed by atoms with Gasteiger partial charge in [0, 0.05) is 10.5 Å². The normalized spacial score (nSPS) is 12.1. The third-order valence-corrected chi connectivity index (χ3v) is 3.26. The molecule has 4 nitrogen and oxygen atoms in total. The average Bonchev–Trinajstić information content (AvgIpc) is 2.28. The molecule has 0 aliphatic heterocycles. The SMILES string of the molecule is COc1ccc(Br)cc1NC(=O)NC(C)C(C)C. The lowest BCUT2D eigenvalue weighted by molar-refractivity contribution is 0.246. The van der Waals surface area contributed by atoms with Crippen molar-refractivity contribution in [3.8, 4) is 5.75 Å². The molecule has 0 aromatic heterocycles. The summed E-state index contributed by atoms with van der Waals surface area (Å²) in [5, 5.41) is 5.66. The van der Waals surface area contributed by atoms with Crippen molar-refractivity contribution in [1.82, 2.24) is 5.32 Å². The summed E-state index contributed by atoms with van der Waals surface area (Å²) in [6.45, 7) is 6.09. The molecule has 1 atom stereocenters. The fourth-order valence-electron chi connectivity index (χ4n) is 1.31. The van der Waals surface area contributed by atoms with Gasteiger partial charge in [0.05, 0.1) is 12.8 Å². The van der Waals surface area contributed by atoms with Crippen LogP contribution in [0.15, 0.2) is 22.7 Å². The number of nitrogens with one attached hydrogen (secondary N) is 2. The summed E-state index contributed by atoms with van der Waals surface area (Å²) in [6.07, 6.45) is 0. The van der Waals surface area contributed by atoms with Crippen LogP contribution < -0.4 is 15.4 Å². The molecule has 2 N–H and O–H groups in total. The molecule has 0 saturated carbocycles. The van der Waals surface area contributed by atoms with Crippen LogP contribution in [0, 0.1) is 5.92 Å². The van der Waals surface area contributed by atoms with Crippen LogP contribution in [-0.2, 0) is 0 Å². The first kappa shape index (κ1) is 14.8. The fourth-order valence-corrected chi connectivity index (χ4v) is 1.67. The Bertz CT molecular complexity index is 421. The molecule has 1 rings (SSSR count). The van der Waals surface area contributed by atoms with Gasteiger partial charge in [-0.3, -0.25) is 0 Å². The Morgan fingerprint density at radius 1 is 1.33 bits per heavy atom. The van der Waals surface area contributed by atoms with Crippen LogP contribution in [0.2, 0.25) is 0 Å². The molecule has 0 saturated heterocycles. The molecule has 0 aliphatic carbocycles. The lowest BCUT2D eigenvalue weighted by Gasteiger charge is -2.18. The number of methoxy groups -OCH3 is 1. The topological polar surface area (TPSA) is 50.4 Å². The van der Waals surface area contributed by atoms with Crippen LogP contribution in [0.25, 0.3) is 0 Å². The standard InChI is InChI=1S/C13H19BrN2O2/c1-8(2)9(3)15-13(17)16-11-7-10(14)5-6-12(11)18-4/h5-9H,1-4H3,(H2,15,16,17). The summed E-state index contributed by atoms with van der Waals surface area (Å²) >= 11 is 3.36. The lowest BCUT2D eigenvalue weighted by Crippen LogP contribution is -2.39. The monoisotopic (exact) mass is 314 g/mol. The molecule has 0 radical (unpaired) electrons. The highest BCUT2D eigenvalue weighted by atomic mass is 79.9. The number of benzene rings is 1. The Kier molecular flexibility index (Phi) is 5.47. The fraction of sp³-hybridized carbons (Fsp3) is 0.462. The highest BCUT2D eigenvalue weighted by Gasteiger charge is 2.12. The van der Waals surface area contributed by atoms with Gasteiger partial charge >= 0.3 is 6.03 Å². The van der Waals surface area contributed by atoms with Crippen LogP contribution in [-0.4, -0.2) is 19.2 Å². The van der Waals surface area contributed by atoms with Gasteiger partial charge in [-0.1, -0.05) is 29.8 Å². The predicted octanol–water partition coefficient (Wildman–Crippen LogP) is 3.62. The van der Waals surface area contributed by atoms with E-state index in [0.717, 1.165) is 4.47 Å². The van der Waals surface area contributed by atoms with E-state index in [1.54, 1.807) is 19.2 Å². The van der Waals surface area contributed by atoms with E-state index >= 15 is 0 Å². The molecule has 2 amide bonds. The van der Waals surface area contributed by atoms with Crippen molar-refractivity contribution in [3.05, 3.63) is 22.7 Å². The van der Waals surface area contributed by atoms with E-state index in [0.29, 0.717) is 17.4 Å². The number of hydrogen-bond acceptors (Lipinski definition) is 2. The van der Waals surface area contributed by atoms with E-state index in [1.165, 1.54) is 0 Å². The van der Waals surface area contributed by atoms with E-state index in [4.69, 9.17) is 4.74 Å². The van der Waals surface area contributed by atoms with Gasteiger partial charge in [-0.2, -0.15) is 0 Å². The van der Waals surface area contributed by atoms with E-state index in [-0.39, 0.29) is 12.1 Å². The molecule has 1 aromatic carbocycles. The van der Waals surface area contributed by atoms with Crippen molar-refractivity contribution in [1.29, 1.82) is 0 Å². The van der Waals surface area contributed by atoms with Crippen molar-refractivity contribution in [3.63, 3.8) is 0 Å². The zero-order chi connectivity index (χ0) is 13.7. The summed E-state index contributed by atoms with van der Waals surface area (Å²) in [5.74, 6) is 1.02. The van der Waals surface area contributed by atoms with Crippen LogP contribution in [0.3, 0.4) is 0 Å². The Hall–Kier alpha value is -1.23. The summed E-state index contributed by atoms with van der Waals surface area (Å²) < 4.78 is 6.08. The van der Waals surface area contributed by atoms with Gasteiger partial charge in [0.2, 0.25) is 0 Å². The van der Waals surface area contributed by atoms with Gasteiger partial charge in [0.25, 0.3) is 0 Å². The van der Waals surface area contributed by atoms with Crippen molar-refractivity contribution >= 4 is 27.6 Å². The second-order valence-corrected chi connectivity index (χ2v) is 5.39. The quantitative estimate of drug-likeness (QED) is 0.891. The van der Waals surface area contributed by atoms with Crippen LogP contribution in [0.1, 0.15) is 20.8 Å². The van der Waals surface area contributed by atoms with Crippen LogP contribution in [0.5, 0.6) is 5.75 Å². The summed E-state index contributed by atoms with van der Waals surface area (Å²) in [6, 6.07) is 5.35. The maximum atomic E-state index is 11.8. The molecular formula is C13H19BrN2O2. The second-order valence-electron chi connectivity index (χ2n) is 4.48. The number of urea groups is 1. The Balaban J connectivity index is 2.72. The number of carbonyl (C=O) groups excluding carboxylic acids is 1. The van der Waals surface area contributed by atoms with Gasteiger partial charge in [-0.25, -0.2) is 4.79 Å². The summed E-state index contributed by atoms with van der Waals surface area (Å²) in [5.41, 5.74) is 0.639. The first-order valence-electron chi connectivity index (χ1n) is 5.85. The Morgan fingerprint density at radius 2 is 2.00 bits per heavy atom. The van der Waals surface area contributed by atoms with Gasteiger partial charge in [0.15, 0.2) is 0 Å². The molecule has 100 valence electrons. The number of ether oxygens (including phenoxy) is 1. The van der Waals surface area contributed by atoms with Crippen molar-refractivity contribution < 1.29 is 9.53 Å². The van der Waals surface area contributed by atoms with Crippen molar-refractivity contribution in [2.45, 2.75) is 26.8 Å². The molecule has 0 spiro atoms. The number of anilines is 1. The number of amides is 2. The summed E-state index contributed by atoms with van der Waals surface area (Å²) in [4.78, 5) is 11.8. The van der Waals surface area contributed by atoms with Gasteiger partial charge in [0.1, 0.15) is 5.75 Å².